The highest BCUT2D eigenvalue weighted by Crippen LogP contribution is 2.47. The van der Waals surface area contributed by atoms with Gasteiger partial charge in [-0.05, 0) is 62.9 Å². The second-order valence-electron chi connectivity index (χ2n) is 14.3. The Bertz CT molecular complexity index is 1870. The average Bonchev–Trinajstić information content (AvgIpc) is 3.12. The van der Waals surface area contributed by atoms with Crippen LogP contribution in [0.2, 0.25) is 0 Å². The van der Waals surface area contributed by atoms with Crippen LogP contribution in [0, 0.1) is 0 Å². The largest absolute Gasteiger partial charge is 0.459 e. The van der Waals surface area contributed by atoms with Gasteiger partial charge in [0.15, 0.2) is 5.54 Å². The van der Waals surface area contributed by atoms with Crippen LogP contribution < -0.4 is 5.32 Å². The number of ether oxygens (including phenoxy) is 1. The van der Waals surface area contributed by atoms with E-state index in [1.165, 1.54) is 4.90 Å². The summed E-state index contributed by atoms with van der Waals surface area (Å²) >= 11 is 0. The monoisotopic (exact) mass is 685 g/mol. The zero-order chi connectivity index (χ0) is 36.8. The van der Waals surface area contributed by atoms with E-state index in [2.05, 4.69) is 5.32 Å². The number of benzene rings is 4. The molecule has 0 spiro atoms. The fourth-order valence-electron chi connectivity index (χ4n) is 6.57. The molecule has 0 aliphatic carbocycles. The SMILES string of the molecule is CCC(=O)N(Cc1ccccc1)C(C)(C)C(=O)N[C@@]1(c2ccccc2)C(=O)N(CC(=O)OC(C)(C)C)C(c2ccccc2)=C[C@H]1c1ccccc1. The molecular weight excluding hydrogens is 638 g/mol. The van der Waals surface area contributed by atoms with Crippen molar-refractivity contribution in [2.75, 3.05) is 6.54 Å². The molecule has 0 fully saturated rings. The number of hydrogen-bond donors (Lipinski definition) is 1. The van der Waals surface area contributed by atoms with Gasteiger partial charge in [-0.3, -0.25) is 24.1 Å². The van der Waals surface area contributed by atoms with E-state index in [0.29, 0.717) is 11.3 Å². The summed E-state index contributed by atoms with van der Waals surface area (Å²) < 4.78 is 5.73. The molecule has 264 valence electrons. The molecule has 0 aromatic heterocycles. The van der Waals surface area contributed by atoms with E-state index in [0.717, 1.165) is 16.7 Å². The van der Waals surface area contributed by atoms with Crippen molar-refractivity contribution in [2.45, 2.75) is 77.1 Å². The van der Waals surface area contributed by atoms with Crippen LogP contribution in [0.4, 0.5) is 0 Å². The lowest BCUT2D eigenvalue weighted by Gasteiger charge is -2.48. The minimum atomic E-state index is -1.73. The first-order chi connectivity index (χ1) is 24.3. The number of nitrogens with one attached hydrogen (secondary N) is 1. The van der Waals surface area contributed by atoms with Crippen molar-refractivity contribution in [1.82, 2.24) is 15.1 Å². The van der Waals surface area contributed by atoms with Gasteiger partial charge in [0, 0.05) is 24.6 Å². The number of nitrogens with zero attached hydrogens (tertiary/aromatic N) is 2. The van der Waals surface area contributed by atoms with Gasteiger partial charge in [0.05, 0.1) is 0 Å². The lowest BCUT2D eigenvalue weighted by atomic mass is 9.70. The topological polar surface area (TPSA) is 96.0 Å². The molecule has 4 aromatic carbocycles. The van der Waals surface area contributed by atoms with Crippen LogP contribution >= 0.6 is 0 Å². The summed E-state index contributed by atoms with van der Waals surface area (Å²) in [5, 5.41) is 3.24. The van der Waals surface area contributed by atoms with E-state index in [-0.39, 0.29) is 25.4 Å². The van der Waals surface area contributed by atoms with E-state index in [9.17, 15) is 14.4 Å². The molecule has 8 heteroatoms. The zero-order valence-electron chi connectivity index (χ0n) is 30.3. The van der Waals surface area contributed by atoms with Crippen LogP contribution in [0.1, 0.15) is 76.1 Å². The van der Waals surface area contributed by atoms with E-state index in [1.807, 2.05) is 127 Å². The van der Waals surface area contributed by atoms with Crippen LogP contribution in [0.25, 0.3) is 5.70 Å². The van der Waals surface area contributed by atoms with Gasteiger partial charge in [-0.1, -0.05) is 128 Å². The molecule has 1 aliphatic heterocycles. The van der Waals surface area contributed by atoms with Crippen molar-refractivity contribution in [3.8, 4) is 0 Å². The minimum Gasteiger partial charge on any atom is -0.459 e. The molecule has 51 heavy (non-hydrogen) atoms. The highest BCUT2D eigenvalue weighted by atomic mass is 16.6. The standard InChI is InChI=1S/C43H47N3O5/c1-7-37(47)46(29-31-20-12-8-13-21-31)42(5,6)39(49)44-43(34-26-18-11-19-27-34)35(32-22-14-9-15-23-32)28-36(33-24-16-10-17-25-33)45(40(43)50)30-38(48)51-41(2,3)4/h8-28,35H,7,29-30H2,1-6H3,(H,44,49)/t35-,43+/m0/s1. The molecule has 5 rings (SSSR count). The third kappa shape index (κ3) is 7.96. The number of rotatable bonds is 11. The van der Waals surface area contributed by atoms with Crippen molar-refractivity contribution >= 4 is 29.4 Å². The molecule has 0 unspecified atom stereocenters. The van der Waals surface area contributed by atoms with Gasteiger partial charge >= 0.3 is 5.97 Å². The van der Waals surface area contributed by atoms with E-state index in [1.54, 1.807) is 46.4 Å². The Morgan fingerprint density at radius 1 is 0.784 bits per heavy atom. The summed E-state index contributed by atoms with van der Waals surface area (Å²) in [5.74, 6) is -2.54. The van der Waals surface area contributed by atoms with E-state index in [4.69, 9.17) is 4.74 Å². The van der Waals surface area contributed by atoms with Crippen LogP contribution in [0.3, 0.4) is 0 Å². The number of hydrogen-bond acceptors (Lipinski definition) is 5. The zero-order valence-corrected chi connectivity index (χ0v) is 30.3. The molecule has 3 amide bonds. The summed E-state index contributed by atoms with van der Waals surface area (Å²) in [6.07, 6.45) is 2.14. The number of amides is 3. The Hall–Kier alpha value is -5.50. The minimum absolute atomic E-state index is 0.186. The van der Waals surface area contributed by atoms with Gasteiger partial charge in [-0.2, -0.15) is 0 Å². The predicted octanol–water partition coefficient (Wildman–Crippen LogP) is 7.22. The second-order valence-corrected chi connectivity index (χ2v) is 14.3. The fourth-order valence-corrected chi connectivity index (χ4v) is 6.57. The van der Waals surface area contributed by atoms with Gasteiger partial charge in [0.25, 0.3) is 5.91 Å². The van der Waals surface area contributed by atoms with Crippen molar-refractivity contribution in [2.24, 2.45) is 0 Å². The van der Waals surface area contributed by atoms with E-state index >= 15 is 4.79 Å². The van der Waals surface area contributed by atoms with Gasteiger partial charge in [0.1, 0.15) is 17.7 Å². The van der Waals surface area contributed by atoms with Crippen LogP contribution in [-0.2, 0) is 36.0 Å². The highest BCUT2D eigenvalue weighted by Gasteiger charge is 2.56. The highest BCUT2D eigenvalue weighted by molar-refractivity contribution is 6.04. The normalized spacial score (nSPS) is 17.7. The lowest BCUT2D eigenvalue weighted by Crippen LogP contribution is -2.67. The van der Waals surface area contributed by atoms with Gasteiger partial charge in [0.2, 0.25) is 11.8 Å². The number of carbonyl (C=O) groups is 4. The maximum atomic E-state index is 15.6. The molecule has 1 N–H and O–H groups in total. The predicted molar refractivity (Wildman–Crippen MR) is 199 cm³/mol. The van der Waals surface area contributed by atoms with Crippen LogP contribution in [0.15, 0.2) is 127 Å². The van der Waals surface area contributed by atoms with Crippen molar-refractivity contribution in [3.63, 3.8) is 0 Å². The summed E-state index contributed by atoms with van der Waals surface area (Å²) in [6, 6.07) is 37.6. The second kappa shape index (κ2) is 15.2. The van der Waals surface area contributed by atoms with Crippen LogP contribution in [-0.4, -0.2) is 51.2 Å². The first-order valence-corrected chi connectivity index (χ1v) is 17.4. The van der Waals surface area contributed by atoms with E-state index < -0.39 is 40.4 Å². The van der Waals surface area contributed by atoms with Crippen LogP contribution in [0.5, 0.6) is 0 Å². The molecule has 1 aliphatic rings. The number of carbonyl (C=O) groups excluding carboxylic acids is 4. The van der Waals surface area contributed by atoms with Gasteiger partial charge in [-0.15, -0.1) is 0 Å². The molecule has 2 atom stereocenters. The Balaban J connectivity index is 1.73. The molecule has 0 radical (unpaired) electrons. The summed E-state index contributed by atoms with van der Waals surface area (Å²) in [5.41, 5.74) is -0.490. The molecule has 4 aromatic rings. The Labute approximate surface area is 301 Å². The molecular formula is C43H47N3O5. The maximum Gasteiger partial charge on any atom is 0.326 e. The first-order valence-electron chi connectivity index (χ1n) is 17.4. The van der Waals surface area contributed by atoms with Crippen molar-refractivity contribution in [1.29, 1.82) is 0 Å². The maximum absolute atomic E-state index is 15.6. The Morgan fingerprint density at radius 2 is 1.31 bits per heavy atom. The third-order valence-electron chi connectivity index (χ3n) is 9.16. The quantitative estimate of drug-likeness (QED) is 0.168. The molecule has 1 heterocycles. The third-order valence-corrected chi connectivity index (χ3v) is 9.16. The molecule has 0 bridgehead atoms. The smallest absolute Gasteiger partial charge is 0.326 e. The molecule has 8 nitrogen and oxygen atoms in total. The Kier molecular flexibility index (Phi) is 10.9. The fraction of sp³-hybridized carbons (Fsp3) is 0.302. The van der Waals surface area contributed by atoms with Gasteiger partial charge < -0.3 is 15.0 Å². The lowest BCUT2D eigenvalue weighted by molar-refractivity contribution is -0.159. The first kappa shape index (κ1) is 36.8. The van der Waals surface area contributed by atoms with Gasteiger partial charge in [-0.25, -0.2) is 0 Å². The summed E-state index contributed by atoms with van der Waals surface area (Å²) in [4.78, 5) is 60.6. The van der Waals surface area contributed by atoms with Crippen molar-refractivity contribution in [3.05, 3.63) is 150 Å². The molecule has 0 saturated heterocycles. The summed E-state index contributed by atoms with van der Waals surface area (Å²) in [6.45, 7) is 10.3. The number of esters is 1. The average molecular weight is 686 g/mol. The molecule has 0 saturated carbocycles. The Morgan fingerprint density at radius 3 is 1.86 bits per heavy atom. The summed E-state index contributed by atoms with van der Waals surface area (Å²) in [7, 11) is 0. The van der Waals surface area contributed by atoms with Crippen molar-refractivity contribution < 1.29 is 23.9 Å².